The fourth-order valence-corrected chi connectivity index (χ4v) is 5.23. The molecule has 1 amide bonds. The molecule has 0 saturated heterocycles. The summed E-state index contributed by atoms with van der Waals surface area (Å²) in [4.78, 5) is 64.1. The number of esters is 2. The summed E-state index contributed by atoms with van der Waals surface area (Å²) in [5.74, 6) is -3.04. The van der Waals surface area contributed by atoms with E-state index in [0.717, 1.165) is 4.88 Å². The van der Waals surface area contributed by atoms with Gasteiger partial charge in [-0.15, -0.1) is 11.3 Å². The standard InChI is InChI=1S/C26H20ClNO7S/c1-4-34-26(33)19-12(2)13(3)36-24(19)28-18(29)11-35-25(32)17-10-9-16-20(21(17)27)23(31)15-8-6-5-7-14(15)22(16)30/h5-10H,4,11H2,1-3H3,(H,28,29). The number of ether oxygens (including phenoxy) is 2. The van der Waals surface area contributed by atoms with Gasteiger partial charge in [0.1, 0.15) is 5.00 Å². The summed E-state index contributed by atoms with van der Waals surface area (Å²) in [5, 5.41) is 2.64. The van der Waals surface area contributed by atoms with Crippen LogP contribution in [0.4, 0.5) is 5.00 Å². The summed E-state index contributed by atoms with van der Waals surface area (Å²) in [6, 6.07) is 8.98. The van der Waals surface area contributed by atoms with E-state index in [1.54, 1.807) is 39.0 Å². The first kappa shape index (κ1) is 25.3. The molecule has 1 N–H and O–H groups in total. The molecule has 1 aliphatic rings. The number of benzene rings is 2. The minimum atomic E-state index is -0.943. The summed E-state index contributed by atoms with van der Waals surface area (Å²) < 4.78 is 10.2. The zero-order valence-electron chi connectivity index (χ0n) is 19.5. The highest BCUT2D eigenvalue weighted by molar-refractivity contribution is 7.16. The van der Waals surface area contributed by atoms with E-state index in [-0.39, 0.29) is 50.8 Å². The fourth-order valence-electron chi connectivity index (χ4n) is 3.84. The molecule has 0 radical (unpaired) electrons. The van der Waals surface area contributed by atoms with E-state index in [9.17, 15) is 24.0 Å². The van der Waals surface area contributed by atoms with Gasteiger partial charge in [0.25, 0.3) is 5.91 Å². The largest absolute Gasteiger partial charge is 0.462 e. The molecule has 1 aliphatic carbocycles. The molecule has 3 aromatic rings. The van der Waals surface area contributed by atoms with Gasteiger partial charge in [-0.25, -0.2) is 9.59 Å². The maximum absolute atomic E-state index is 13.0. The van der Waals surface area contributed by atoms with Gasteiger partial charge in [0.05, 0.1) is 28.3 Å². The Morgan fingerprint density at radius 1 is 0.917 bits per heavy atom. The van der Waals surface area contributed by atoms with Gasteiger partial charge in [-0.3, -0.25) is 14.4 Å². The van der Waals surface area contributed by atoms with Crippen LogP contribution in [0.1, 0.15) is 69.9 Å². The van der Waals surface area contributed by atoms with E-state index in [1.165, 1.54) is 29.5 Å². The van der Waals surface area contributed by atoms with E-state index < -0.39 is 30.2 Å². The highest BCUT2D eigenvalue weighted by Gasteiger charge is 2.33. The van der Waals surface area contributed by atoms with E-state index in [0.29, 0.717) is 10.6 Å². The van der Waals surface area contributed by atoms with Gasteiger partial charge in [0, 0.05) is 21.6 Å². The lowest BCUT2D eigenvalue weighted by Crippen LogP contribution is -2.24. The zero-order valence-corrected chi connectivity index (χ0v) is 21.1. The topological polar surface area (TPSA) is 116 Å². The third-order valence-corrected chi connectivity index (χ3v) is 7.22. The molecule has 2 aromatic carbocycles. The van der Waals surface area contributed by atoms with E-state index in [2.05, 4.69) is 5.32 Å². The minimum Gasteiger partial charge on any atom is -0.462 e. The monoisotopic (exact) mass is 525 g/mol. The van der Waals surface area contributed by atoms with Gasteiger partial charge in [0.2, 0.25) is 0 Å². The molecule has 0 aliphatic heterocycles. The SMILES string of the molecule is CCOC(=O)c1c(NC(=O)COC(=O)c2ccc3c(c2Cl)C(=O)c2ccccc2C3=O)sc(C)c1C. The zero-order chi connectivity index (χ0) is 26.1. The van der Waals surface area contributed by atoms with Crippen LogP contribution in [0.5, 0.6) is 0 Å². The molecular weight excluding hydrogens is 506 g/mol. The van der Waals surface area contributed by atoms with Crippen molar-refractivity contribution in [2.24, 2.45) is 0 Å². The van der Waals surface area contributed by atoms with Crippen LogP contribution in [0.15, 0.2) is 36.4 Å². The molecule has 4 rings (SSSR count). The second-order valence-electron chi connectivity index (χ2n) is 7.89. The smallest absolute Gasteiger partial charge is 0.341 e. The summed E-state index contributed by atoms with van der Waals surface area (Å²) >= 11 is 7.58. The van der Waals surface area contributed by atoms with Crippen molar-refractivity contribution in [3.8, 4) is 0 Å². The number of nitrogens with one attached hydrogen (secondary N) is 1. The quantitative estimate of drug-likeness (QED) is 0.360. The first-order valence-electron chi connectivity index (χ1n) is 10.9. The molecule has 184 valence electrons. The number of anilines is 1. The molecule has 0 atom stereocenters. The Kier molecular flexibility index (Phi) is 7.05. The molecule has 10 heteroatoms. The van der Waals surface area contributed by atoms with Crippen LogP contribution < -0.4 is 5.32 Å². The Bertz CT molecular complexity index is 1460. The molecule has 0 saturated carbocycles. The molecule has 0 unspecified atom stereocenters. The van der Waals surface area contributed by atoms with Crippen molar-refractivity contribution < 1.29 is 33.4 Å². The molecule has 8 nitrogen and oxygen atoms in total. The Balaban J connectivity index is 1.51. The number of hydrogen-bond donors (Lipinski definition) is 1. The highest BCUT2D eigenvalue weighted by atomic mass is 35.5. The first-order valence-corrected chi connectivity index (χ1v) is 12.1. The minimum absolute atomic E-state index is 0.0807. The van der Waals surface area contributed by atoms with E-state index in [1.807, 2.05) is 0 Å². The van der Waals surface area contributed by atoms with Crippen LogP contribution in [-0.2, 0) is 14.3 Å². The van der Waals surface area contributed by atoms with E-state index in [4.69, 9.17) is 21.1 Å². The molecule has 0 spiro atoms. The number of carbonyl (C=O) groups excluding carboxylic acids is 5. The Labute approximate surface area is 215 Å². The lowest BCUT2D eigenvalue weighted by molar-refractivity contribution is -0.119. The molecule has 1 aromatic heterocycles. The fraction of sp³-hybridized carbons (Fsp3) is 0.192. The van der Waals surface area contributed by atoms with Crippen molar-refractivity contribution in [2.75, 3.05) is 18.5 Å². The number of thiophene rings is 1. The number of carbonyl (C=O) groups is 5. The van der Waals surface area contributed by atoms with Gasteiger partial charge in [0.15, 0.2) is 18.2 Å². The molecule has 0 bridgehead atoms. The van der Waals surface area contributed by atoms with Gasteiger partial charge in [-0.05, 0) is 38.5 Å². The first-order chi connectivity index (χ1) is 17.1. The number of halogens is 1. The summed E-state index contributed by atoms with van der Waals surface area (Å²) in [5.41, 5.74) is 1.25. The number of ketones is 2. The third kappa shape index (κ3) is 4.43. The van der Waals surface area contributed by atoms with Crippen molar-refractivity contribution in [3.05, 3.63) is 85.2 Å². The Morgan fingerprint density at radius 2 is 1.58 bits per heavy atom. The van der Waals surface area contributed by atoms with E-state index >= 15 is 0 Å². The van der Waals surface area contributed by atoms with Crippen LogP contribution in [0.25, 0.3) is 0 Å². The molecule has 36 heavy (non-hydrogen) atoms. The molecule has 0 fully saturated rings. The van der Waals surface area contributed by atoms with Gasteiger partial charge >= 0.3 is 11.9 Å². The third-order valence-electron chi connectivity index (χ3n) is 5.70. The van der Waals surface area contributed by atoms with Crippen LogP contribution in [0.3, 0.4) is 0 Å². The normalized spacial score (nSPS) is 12.0. The van der Waals surface area contributed by atoms with Crippen molar-refractivity contribution in [1.82, 2.24) is 0 Å². The summed E-state index contributed by atoms with van der Waals surface area (Å²) in [7, 11) is 0. The van der Waals surface area contributed by atoms with Crippen LogP contribution in [0.2, 0.25) is 5.02 Å². The lowest BCUT2D eigenvalue weighted by Gasteiger charge is -2.19. The van der Waals surface area contributed by atoms with Crippen molar-refractivity contribution in [1.29, 1.82) is 0 Å². The average molecular weight is 526 g/mol. The number of hydrogen-bond acceptors (Lipinski definition) is 8. The second kappa shape index (κ2) is 10.0. The number of rotatable bonds is 6. The van der Waals surface area contributed by atoms with Gasteiger partial charge in [-0.1, -0.05) is 35.9 Å². The number of fused-ring (bicyclic) bond motifs is 2. The number of amides is 1. The predicted molar refractivity (Wildman–Crippen MR) is 133 cm³/mol. The highest BCUT2D eigenvalue weighted by Crippen LogP contribution is 2.35. The lowest BCUT2D eigenvalue weighted by atomic mass is 9.83. The van der Waals surface area contributed by atoms with Crippen molar-refractivity contribution in [2.45, 2.75) is 20.8 Å². The summed E-state index contributed by atoms with van der Waals surface area (Å²) in [6.45, 7) is 4.75. The Hall–Kier alpha value is -3.82. The number of aryl methyl sites for hydroxylation is 1. The van der Waals surface area contributed by atoms with Crippen LogP contribution >= 0.6 is 22.9 Å². The van der Waals surface area contributed by atoms with Gasteiger partial charge < -0.3 is 14.8 Å². The maximum Gasteiger partial charge on any atom is 0.341 e. The average Bonchev–Trinajstić information content (AvgIpc) is 3.13. The van der Waals surface area contributed by atoms with Crippen LogP contribution in [0, 0.1) is 13.8 Å². The second-order valence-corrected chi connectivity index (χ2v) is 9.49. The van der Waals surface area contributed by atoms with Gasteiger partial charge in [-0.2, -0.15) is 0 Å². The van der Waals surface area contributed by atoms with Crippen LogP contribution in [-0.4, -0.2) is 42.6 Å². The predicted octanol–water partition coefficient (Wildman–Crippen LogP) is 4.77. The summed E-state index contributed by atoms with van der Waals surface area (Å²) in [6.07, 6.45) is 0. The molecular formula is C26H20ClNO7S. The van der Waals surface area contributed by atoms with Crippen molar-refractivity contribution in [3.63, 3.8) is 0 Å². The van der Waals surface area contributed by atoms with Crippen molar-refractivity contribution >= 4 is 57.4 Å². The maximum atomic E-state index is 13.0. The Morgan fingerprint density at radius 3 is 2.25 bits per heavy atom. The molecule has 1 heterocycles.